The van der Waals surface area contributed by atoms with Crippen LogP contribution in [0.25, 0.3) is 28.4 Å². The summed E-state index contributed by atoms with van der Waals surface area (Å²) in [6.45, 7) is 3.89. The van der Waals surface area contributed by atoms with Gasteiger partial charge in [-0.3, -0.25) is 4.79 Å². The number of hydrogen-bond donors (Lipinski definition) is 1. The molecule has 0 unspecified atom stereocenters. The van der Waals surface area contributed by atoms with Crippen molar-refractivity contribution in [2.75, 3.05) is 0 Å². The Labute approximate surface area is 185 Å². The van der Waals surface area contributed by atoms with E-state index in [-0.39, 0.29) is 12.5 Å². The van der Waals surface area contributed by atoms with Crippen LogP contribution in [-0.4, -0.2) is 27.3 Å². The molecule has 0 radical (unpaired) electrons. The largest absolute Gasteiger partial charge is 0.489 e. The van der Waals surface area contributed by atoms with Crippen LogP contribution in [0.5, 0.6) is 5.75 Å². The second-order valence-corrected chi connectivity index (χ2v) is 8.15. The summed E-state index contributed by atoms with van der Waals surface area (Å²) in [7, 11) is 0. The normalized spacial score (nSPS) is 12.7. The molecule has 0 saturated heterocycles. The van der Waals surface area contributed by atoms with E-state index in [1.807, 2.05) is 32.0 Å². The zero-order valence-corrected chi connectivity index (χ0v) is 18.1. The van der Waals surface area contributed by atoms with Crippen LogP contribution in [-0.2, 0) is 11.2 Å². The summed E-state index contributed by atoms with van der Waals surface area (Å²) >= 11 is 6.34. The van der Waals surface area contributed by atoms with Gasteiger partial charge in [-0.1, -0.05) is 41.0 Å². The number of nitrogens with zero attached hydrogens (tertiary/aromatic N) is 2. The van der Waals surface area contributed by atoms with Crippen molar-refractivity contribution < 1.29 is 19.2 Å². The number of fused-ring (bicyclic) bond motifs is 1. The second kappa shape index (κ2) is 8.94. The molecule has 31 heavy (non-hydrogen) atoms. The van der Waals surface area contributed by atoms with Crippen LogP contribution in [0.15, 0.2) is 47.0 Å². The SMILES string of the molecule is CC(C)Oc1ccc(-c2nc(-c3cccc4c3CC=C4CCCC(=O)O)no2)cc1Cl. The average molecular weight is 439 g/mol. The molecule has 1 aliphatic rings. The Morgan fingerprint density at radius 1 is 1.26 bits per heavy atom. The predicted molar refractivity (Wildman–Crippen MR) is 119 cm³/mol. The second-order valence-electron chi connectivity index (χ2n) is 7.75. The molecule has 3 aromatic rings. The number of carboxylic acids is 1. The molecule has 1 aliphatic carbocycles. The highest BCUT2D eigenvalue weighted by Gasteiger charge is 2.21. The topological polar surface area (TPSA) is 85.5 Å². The molecule has 1 aromatic heterocycles. The summed E-state index contributed by atoms with van der Waals surface area (Å²) in [6.07, 6.45) is 4.48. The molecular weight excluding hydrogens is 416 g/mol. The van der Waals surface area contributed by atoms with E-state index < -0.39 is 5.97 Å². The maximum atomic E-state index is 10.8. The number of aromatic nitrogens is 2. The molecule has 2 aromatic carbocycles. The molecule has 1 heterocycles. The van der Waals surface area contributed by atoms with E-state index in [4.69, 9.17) is 26.0 Å². The first-order chi connectivity index (χ1) is 14.9. The van der Waals surface area contributed by atoms with Crippen LogP contribution >= 0.6 is 11.6 Å². The number of allylic oxidation sites excluding steroid dienone is 2. The van der Waals surface area contributed by atoms with Crippen LogP contribution in [0, 0.1) is 0 Å². The summed E-state index contributed by atoms with van der Waals surface area (Å²) in [4.78, 5) is 15.4. The van der Waals surface area contributed by atoms with E-state index in [1.54, 1.807) is 12.1 Å². The molecule has 0 atom stereocenters. The summed E-state index contributed by atoms with van der Waals surface area (Å²) in [5.41, 5.74) is 5.09. The summed E-state index contributed by atoms with van der Waals surface area (Å²) in [5, 5.41) is 13.6. The van der Waals surface area contributed by atoms with E-state index in [1.165, 1.54) is 5.57 Å². The number of rotatable bonds is 8. The minimum absolute atomic E-state index is 0.0289. The molecule has 0 amide bonds. The Morgan fingerprint density at radius 3 is 2.81 bits per heavy atom. The summed E-state index contributed by atoms with van der Waals surface area (Å²) < 4.78 is 11.2. The quantitative estimate of drug-likeness (QED) is 0.461. The van der Waals surface area contributed by atoms with Gasteiger partial charge in [0, 0.05) is 17.5 Å². The maximum absolute atomic E-state index is 10.8. The number of halogens is 1. The van der Waals surface area contributed by atoms with E-state index >= 15 is 0 Å². The van der Waals surface area contributed by atoms with E-state index in [9.17, 15) is 4.79 Å². The fraction of sp³-hybridized carbons (Fsp3) is 0.292. The fourth-order valence-corrected chi connectivity index (χ4v) is 3.98. The van der Waals surface area contributed by atoms with Crippen molar-refractivity contribution in [1.29, 1.82) is 0 Å². The lowest BCUT2D eigenvalue weighted by molar-refractivity contribution is -0.137. The van der Waals surface area contributed by atoms with Crippen molar-refractivity contribution in [3.63, 3.8) is 0 Å². The maximum Gasteiger partial charge on any atom is 0.303 e. The molecule has 0 aliphatic heterocycles. The molecule has 0 spiro atoms. The minimum Gasteiger partial charge on any atom is -0.489 e. The Hall–Kier alpha value is -3.12. The number of hydrogen-bond acceptors (Lipinski definition) is 5. The molecule has 4 rings (SSSR count). The number of carboxylic acid groups (broad SMARTS) is 1. The third kappa shape index (κ3) is 4.64. The van der Waals surface area contributed by atoms with Gasteiger partial charge in [-0.05, 0) is 68.0 Å². The smallest absolute Gasteiger partial charge is 0.303 e. The molecular formula is C24H23ClN2O4. The molecule has 6 nitrogen and oxygen atoms in total. The van der Waals surface area contributed by atoms with Crippen LogP contribution < -0.4 is 4.74 Å². The molecule has 1 N–H and O–H groups in total. The van der Waals surface area contributed by atoms with Crippen LogP contribution in [0.3, 0.4) is 0 Å². The van der Waals surface area contributed by atoms with E-state index in [2.05, 4.69) is 22.3 Å². The van der Waals surface area contributed by atoms with Crippen molar-refractivity contribution in [3.8, 4) is 28.6 Å². The van der Waals surface area contributed by atoms with Gasteiger partial charge in [-0.25, -0.2) is 0 Å². The van der Waals surface area contributed by atoms with Gasteiger partial charge in [-0.15, -0.1) is 0 Å². The lowest BCUT2D eigenvalue weighted by Gasteiger charge is -2.11. The molecule has 0 saturated carbocycles. The van der Waals surface area contributed by atoms with Gasteiger partial charge < -0.3 is 14.4 Å². The van der Waals surface area contributed by atoms with E-state index in [0.29, 0.717) is 28.9 Å². The highest BCUT2D eigenvalue weighted by Crippen LogP contribution is 2.37. The number of ether oxygens (including phenoxy) is 1. The van der Waals surface area contributed by atoms with Crippen molar-refractivity contribution >= 4 is 23.1 Å². The molecule has 0 fully saturated rings. The van der Waals surface area contributed by atoms with Gasteiger partial charge in [0.1, 0.15) is 5.75 Å². The van der Waals surface area contributed by atoms with Gasteiger partial charge in [0.2, 0.25) is 5.82 Å². The zero-order valence-electron chi connectivity index (χ0n) is 17.4. The van der Waals surface area contributed by atoms with Gasteiger partial charge in [-0.2, -0.15) is 4.98 Å². The number of carbonyl (C=O) groups is 1. The van der Waals surface area contributed by atoms with Crippen molar-refractivity contribution in [3.05, 3.63) is 58.6 Å². The zero-order chi connectivity index (χ0) is 22.0. The van der Waals surface area contributed by atoms with Gasteiger partial charge in [0.25, 0.3) is 5.89 Å². The molecule has 0 bridgehead atoms. The third-order valence-corrected chi connectivity index (χ3v) is 5.42. The van der Waals surface area contributed by atoms with E-state index in [0.717, 1.165) is 35.1 Å². The standard InChI is InChI=1S/C24H23ClN2O4/c1-14(2)30-21-12-10-16(13-20(21)25)24-26-23(27-31-24)19-7-4-6-17-15(9-11-18(17)19)5-3-8-22(28)29/h4,6-7,9-10,12-14H,3,5,8,11H2,1-2H3,(H,28,29). The number of aliphatic carboxylic acids is 1. The van der Waals surface area contributed by atoms with Crippen molar-refractivity contribution in [1.82, 2.24) is 10.1 Å². The fourth-order valence-electron chi connectivity index (χ4n) is 3.75. The minimum atomic E-state index is -0.768. The van der Waals surface area contributed by atoms with Crippen molar-refractivity contribution in [2.24, 2.45) is 0 Å². The Balaban J connectivity index is 1.56. The van der Waals surface area contributed by atoms with Gasteiger partial charge >= 0.3 is 5.97 Å². The first-order valence-corrected chi connectivity index (χ1v) is 10.6. The molecule has 160 valence electrons. The highest BCUT2D eigenvalue weighted by atomic mass is 35.5. The average Bonchev–Trinajstić information content (AvgIpc) is 3.36. The summed E-state index contributed by atoms with van der Waals surface area (Å²) in [5.74, 6) is 0.752. The monoisotopic (exact) mass is 438 g/mol. The van der Waals surface area contributed by atoms with Gasteiger partial charge in [0.05, 0.1) is 11.1 Å². The van der Waals surface area contributed by atoms with Crippen LogP contribution in [0.1, 0.15) is 44.2 Å². The Morgan fingerprint density at radius 2 is 2.06 bits per heavy atom. The molecule has 7 heteroatoms. The lowest BCUT2D eigenvalue weighted by Crippen LogP contribution is -2.05. The number of benzene rings is 2. The first-order valence-electron chi connectivity index (χ1n) is 10.3. The highest BCUT2D eigenvalue weighted by molar-refractivity contribution is 6.32. The predicted octanol–water partition coefficient (Wildman–Crippen LogP) is 6.04. The van der Waals surface area contributed by atoms with Gasteiger partial charge in [0.15, 0.2) is 0 Å². The lowest BCUT2D eigenvalue weighted by atomic mass is 9.97. The Bertz CT molecular complexity index is 1150. The first kappa shape index (κ1) is 21.1. The van der Waals surface area contributed by atoms with Crippen LogP contribution in [0.4, 0.5) is 0 Å². The van der Waals surface area contributed by atoms with Crippen molar-refractivity contribution in [2.45, 2.75) is 45.6 Å². The third-order valence-electron chi connectivity index (χ3n) is 5.12. The summed E-state index contributed by atoms with van der Waals surface area (Å²) in [6, 6.07) is 11.4. The Kier molecular flexibility index (Phi) is 6.09. The van der Waals surface area contributed by atoms with Crippen LogP contribution in [0.2, 0.25) is 5.02 Å².